The first-order valence-electron chi connectivity index (χ1n) is 6.42. The fourth-order valence-corrected chi connectivity index (χ4v) is 2.44. The molecule has 2 heteroatoms. The highest BCUT2D eigenvalue weighted by atomic mass is 79.9. The maximum atomic E-state index is 5.74. The lowest BCUT2D eigenvalue weighted by molar-refractivity contribution is 0.282. The zero-order chi connectivity index (χ0) is 12.7. The van der Waals surface area contributed by atoms with Gasteiger partial charge in [-0.2, -0.15) is 0 Å². The smallest absolute Gasteiger partial charge is 0.119 e. The molecule has 0 aliphatic heterocycles. The van der Waals surface area contributed by atoms with Crippen molar-refractivity contribution in [3.63, 3.8) is 0 Å². The normalized spacial score (nSPS) is 12.8. The third-order valence-corrected chi connectivity index (χ3v) is 3.49. The van der Waals surface area contributed by atoms with Gasteiger partial charge >= 0.3 is 0 Å². The third-order valence-electron chi connectivity index (χ3n) is 3.03. The van der Waals surface area contributed by atoms with Crippen LogP contribution >= 0.6 is 15.9 Å². The minimum atomic E-state index is 0.586. The van der Waals surface area contributed by atoms with Crippen LogP contribution < -0.4 is 4.74 Å². The molecule has 0 saturated carbocycles. The Morgan fingerprint density at radius 1 is 1.06 bits per heavy atom. The molecule has 0 aromatic heterocycles. The molecule has 1 atom stereocenters. The predicted molar refractivity (Wildman–Crippen MR) is 78.2 cm³/mol. The highest BCUT2D eigenvalue weighted by Gasteiger charge is 2.02. The van der Waals surface area contributed by atoms with Gasteiger partial charge in [0.1, 0.15) is 5.75 Å². The first-order valence-corrected chi connectivity index (χ1v) is 7.54. The summed E-state index contributed by atoms with van der Waals surface area (Å²) < 4.78 is 5.74. The second-order valence-corrected chi connectivity index (χ2v) is 5.74. The van der Waals surface area contributed by atoms with E-state index in [1.165, 1.54) is 12.0 Å². The molecule has 0 aliphatic rings. The molecular weight excluding hydrogens is 276 g/mol. The minimum Gasteiger partial charge on any atom is -0.494 e. The van der Waals surface area contributed by atoms with Gasteiger partial charge in [0.25, 0.3) is 0 Å². The van der Waals surface area contributed by atoms with Crippen LogP contribution in [0.5, 0.6) is 5.75 Å². The largest absolute Gasteiger partial charge is 0.494 e. The summed E-state index contributed by atoms with van der Waals surface area (Å²) in [5.41, 5.74) is 1.37. The fraction of sp³-hybridized carbons (Fsp3) is 0.600. The van der Waals surface area contributed by atoms with Crippen LogP contribution in [0, 0.1) is 5.92 Å². The molecule has 0 spiro atoms. The minimum absolute atomic E-state index is 0.586. The van der Waals surface area contributed by atoms with Crippen molar-refractivity contribution >= 4 is 15.9 Å². The SMILES string of the molecule is CC(CCBr)CCOc1ccc(C(C)C)cc1. The molecular formula is C15H23BrO. The van der Waals surface area contributed by atoms with E-state index in [9.17, 15) is 0 Å². The van der Waals surface area contributed by atoms with Crippen molar-refractivity contribution in [2.45, 2.75) is 39.5 Å². The molecule has 1 unspecified atom stereocenters. The average molecular weight is 299 g/mol. The van der Waals surface area contributed by atoms with E-state index in [-0.39, 0.29) is 0 Å². The third kappa shape index (κ3) is 5.58. The van der Waals surface area contributed by atoms with Crippen molar-refractivity contribution in [2.24, 2.45) is 5.92 Å². The predicted octanol–water partition coefficient (Wildman–Crippen LogP) is 5.00. The van der Waals surface area contributed by atoms with Crippen LogP contribution in [0.3, 0.4) is 0 Å². The van der Waals surface area contributed by atoms with E-state index >= 15 is 0 Å². The maximum absolute atomic E-state index is 5.74. The summed E-state index contributed by atoms with van der Waals surface area (Å²) in [7, 11) is 0. The van der Waals surface area contributed by atoms with Gasteiger partial charge in [-0.15, -0.1) is 0 Å². The van der Waals surface area contributed by atoms with Crippen molar-refractivity contribution in [3.05, 3.63) is 29.8 Å². The number of hydrogen-bond acceptors (Lipinski definition) is 1. The summed E-state index contributed by atoms with van der Waals surface area (Å²) in [4.78, 5) is 0. The second-order valence-electron chi connectivity index (χ2n) is 4.94. The Hall–Kier alpha value is -0.500. The van der Waals surface area contributed by atoms with Crippen LogP contribution in [0.1, 0.15) is 45.1 Å². The second kappa shape index (κ2) is 7.75. The molecule has 0 saturated heterocycles. The standard InChI is InChI=1S/C15H23BrO/c1-12(2)14-4-6-15(7-5-14)17-11-9-13(3)8-10-16/h4-7,12-13H,8-11H2,1-3H3. The zero-order valence-corrected chi connectivity index (χ0v) is 12.7. The Kier molecular flexibility index (Phi) is 6.64. The summed E-state index contributed by atoms with van der Waals surface area (Å²) >= 11 is 3.47. The topological polar surface area (TPSA) is 9.23 Å². The van der Waals surface area contributed by atoms with E-state index in [0.29, 0.717) is 5.92 Å². The Balaban J connectivity index is 2.32. The van der Waals surface area contributed by atoms with Crippen molar-refractivity contribution in [1.29, 1.82) is 0 Å². The molecule has 1 aromatic rings. The lowest BCUT2D eigenvalue weighted by Crippen LogP contribution is -2.04. The van der Waals surface area contributed by atoms with Gasteiger partial charge in [0.2, 0.25) is 0 Å². The Bertz CT molecular complexity index is 305. The number of benzene rings is 1. The van der Waals surface area contributed by atoms with Crippen molar-refractivity contribution < 1.29 is 4.74 Å². The molecule has 0 N–H and O–H groups in total. The van der Waals surface area contributed by atoms with E-state index in [1.807, 2.05) is 0 Å². The van der Waals surface area contributed by atoms with Gasteiger partial charge in [-0.25, -0.2) is 0 Å². The number of alkyl halides is 1. The van der Waals surface area contributed by atoms with Crippen LogP contribution in [0.15, 0.2) is 24.3 Å². The van der Waals surface area contributed by atoms with Crippen LogP contribution in [-0.4, -0.2) is 11.9 Å². The number of rotatable bonds is 7. The van der Waals surface area contributed by atoms with Crippen LogP contribution in [-0.2, 0) is 0 Å². The summed E-state index contributed by atoms with van der Waals surface area (Å²) in [6, 6.07) is 8.46. The van der Waals surface area contributed by atoms with E-state index in [2.05, 4.69) is 61.0 Å². The van der Waals surface area contributed by atoms with E-state index in [4.69, 9.17) is 4.74 Å². The lowest BCUT2D eigenvalue weighted by atomic mass is 10.0. The number of hydrogen-bond donors (Lipinski definition) is 0. The van der Waals surface area contributed by atoms with Gasteiger partial charge in [0.05, 0.1) is 6.61 Å². The average Bonchev–Trinajstić information content (AvgIpc) is 2.30. The Labute approximate surface area is 114 Å². The molecule has 0 bridgehead atoms. The Morgan fingerprint density at radius 3 is 2.24 bits per heavy atom. The molecule has 0 fully saturated rings. The van der Waals surface area contributed by atoms with Crippen molar-refractivity contribution in [2.75, 3.05) is 11.9 Å². The lowest BCUT2D eigenvalue weighted by Gasteiger charge is -2.11. The summed E-state index contributed by atoms with van der Waals surface area (Å²) in [5, 5.41) is 1.08. The highest BCUT2D eigenvalue weighted by Crippen LogP contribution is 2.19. The maximum Gasteiger partial charge on any atom is 0.119 e. The highest BCUT2D eigenvalue weighted by molar-refractivity contribution is 9.09. The fourth-order valence-electron chi connectivity index (χ4n) is 1.66. The molecule has 0 heterocycles. The molecule has 1 rings (SSSR count). The number of ether oxygens (including phenoxy) is 1. The van der Waals surface area contributed by atoms with Gasteiger partial charge in [0, 0.05) is 5.33 Å². The first kappa shape index (κ1) is 14.6. The first-order chi connectivity index (χ1) is 8.13. The van der Waals surface area contributed by atoms with Gasteiger partial charge in [0.15, 0.2) is 0 Å². The van der Waals surface area contributed by atoms with E-state index in [0.717, 1.165) is 30.0 Å². The van der Waals surface area contributed by atoms with Crippen LogP contribution in [0.2, 0.25) is 0 Å². The molecule has 0 aliphatic carbocycles. The van der Waals surface area contributed by atoms with Crippen molar-refractivity contribution in [1.82, 2.24) is 0 Å². The molecule has 0 amide bonds. The molecule has 96 valence electrons. The van der Waals surface area contributed by atoms with Gasteiger partial charge in [-0.3, -0.25) is 0 Å². The molecule has 1 nitrogen and oxygen atoms in total. The van der Waals surface area contributed by atoms with Crippen LogP contribution in [0.25, 0.3) is 0 Å². The van der Waals surface area contributed by atoms with Gasteiger partial charge < -0.3 is 4.74 Å². The quantitative estimate of drug-likeness (QED) is 0.644. The van der Waals surface area contributed by atoms with Gasteiger partial charge in [-0.1, -0.05) is 48.8 Å². The Morgan fingerprint density at radius 2 is 1.71 bits per heavy atom. The summed E-state index contributed by atoms with van der Waals surface area (Å²) in [6.07, 6.45) is 2.34. The number of halogens is 1. The summed E-state index contributed by atoms with van der Waals surface area (Å²) in [5.74, 6) is 2.30. The monoisotopic (exact) mass is 298 g/mol. The van der Waals surface area contributed by atoms with E-state index in [1.54, 1.807) is 0 Å². The van der Waals surface area contributed by atoms with Crippen LogP contribution in [0.4, 0.5) is 0 Å². The zero-order valence-electron chi connectivity index (χ0n) is 11.1. The van der Waals surface area contributed by atoms with Gasteiger partial charge in [-0.05, 0) is 42.4 Å². The van der Waals surface area contributed by atoms with Crippen molar-refractivity contribution in [3.8, 4) is 5.75 Å². The molecule has 17 heavy (non-hydrogen) atoms. The van der Waals surface area contributed by atoms with E-state index < -0.39 is 0 Å². The summed E-state index contributed by atoms with van der Waals surface area (Å²) in [6.45, 7) is 7.50. The molecule has 0 radical (unpaired) electrons. The molecule has 1 aromatic carbocycles.